The Balaban J connectivity index is 1.94. The maximum Gasteiger partial charge on any atom is 0.151 e. The molecule has 0 spiro atoms. The van der Waals surface area contributed by atoms with Crippen LogP contribution < -0.4 is 0 Å². The van der Waals surface area contributed by atoms with E-state index in [-0.39, 0.29) is 11.8 Å². The van der Waals surface area contributed by atoms with E-state index in [2.05, 4.69) is 17.0 Å². The van der Waals surface area contributed by atoms with Crippen LogP contribution in [0.25, 0.3) is 0 Å². The van der Waals surface area contributed by atoms with E-state index in [1.165, 1.54) is 31.2 Å². The number of carbonyl (C=O) groups excluding carboxylic acids is 1. The zero-order valence-electron chi connectivity index (χ0n) is 10.3. The predicted octanol–water partition coefficient (Wildman–Crippen LogP) is 2.94. The Kier molecular flexibility index (Phi) is 2.75. The van der Waals surface area contributed by atoms with Gasteiger partial charge in [-0.05, 0) is 38.2 Å². The fourth-order valence-corrected chi connectivity index (χ4v) is 3.63. The van der Waals surface area contributed by atoms with E-state index < -0.39 is 0 Å². The van der Waals surface area contributed by atoms with Crippen molar-refractivity contribution in [1.82, 2.24) is 4.90 Å². The van der Waals surface area contributed by atoms with Crippen LogP contribution in [-0.4, -0.2) is 22.8 Å². The zero-order valence-corrected chi connectivity index (χ0v) is 10.3. The molecule has 1 aromatic carbocycles. The van der Waals surface area contributed by atoms with Gasteiger partial charge < -0.3 is 0 Å². The number of carbonyl (C=O) groups is 1. The second-order valence-electron chi connectivity index (χ2n) is 5.33. The van der Waals surface area contributed by atoms with Gasteiger partial charge in [-0.2, -0.15) is 0 Å². The Morgan fingerprint density at radius 2 is 1.65 bits per heavy atom. The number of hydrogen-bond acceptors (Lipinski definition) is 2. The molecule has 2 fully saturated rings. The van der Waals surface area contributed by atoms with Crippen molar-refractivity contribution in [1.29, 1.82) is 0 Å². The summed E-state index contributed by atoms with van der Waals surface area (Å²) in [5, 5.41) is 0. The molecule has 0 saturated carbocycles. The lowest BCUT2D eigenvalue weighted by Crippen LogP contribution is -2.36. The number of rotatable bonds is 3. The molecule has 0 aromatic heterocycles. The van der Waals surface area contributed by atoms with E-state index in [0.29, 0.717) is 12.1 Å². The van der Waals surface area contributed by atoms with Crippen molar-refractivity contribution in [2.45, 2.75) is 50.7 Å². The minimum absolute atomic E-state index is 0.00352. The molecule has 2 aliphatic heterocycles. The molecule has 1 atom stereocenters. The van der Waals surface area contributed by atoms with Crippen LogP contribution in [0.3, 0.4) is 0 Å². The first-order chi connectivity index (χ1) is 8.27. The van der Waals surface area contributed by atoms with E-state index in [1.807, 2.05) is 18.2 Å². The highest BCUT2D eigenvalue weighted by Crippen LogP contribution is 2.43. The largest absolute Gasteiger partial charge is 0.298 e. The van der Waals surface area contributed by atoms with Crippen molar-refractivity contribution in [3.05, 3.63) is 35.9 Å². The number of hydrogen-bond donors (Lipinski definition) is 0. The molecule has 0 aliphatic carbocycles. The van der Waals surface area contributed by atoms with Gasteiger partial charge >= 0.3 is 0 Å². The Morgan fingerprint density at radius 1 is 1.12 bits per heavy atom. The first-order valence-electron chi connectivity index (χ1n) is 6.60. The molecule has 2 nitrogen and oxygen atoms in total. The highest BCUT2D eigenvalue weighted by Gasteiger charge is 2.44. The average Bonchev–Trinajstić information content (AvgIpc) is 2.91. The Morgan fingerprint density at radius 3 is 2.12 bits per heavy atom. The first-order valence-corrected chi connectivity index (χ1v) is 6.60. The number of Topliss-reactive ketones (excluding diaryl/α,β-unsaturated/α-hetero) is 1. The molecule has 2 bridgehead atoms. The third kappa shape index (κ3) is 1.81. The van der Waals surface area contributed by atoms with Gasteiger partial charge in [-0.1, -0.05) is 30.3 Å². The lowest BCUT2D eigenvalue weighted by atomic mass is 10.0. The fraction of sp³-hybridized carbons (Fsp3) is 0.533. The molecule has 17 heavy (non-hydrogen) atoms. The third-order valence-corrected chi connectivity index (χ3v) is 4.31. The van der Waals surface area contributed by atoms with Gasteiger partial charge in [0.2, 0.25) is 0 Å². The standard InChI is InChI=1S/C15H19NO/c1-11(17)15(12-5-3-2-4-6-12)16-13-7-8-14(16)10-9-13/h2-6,13-15H,7-10H2,1H3/t13?,14?,15-/m0/s1. The minimum atomic E-state index is -0.00352. The normalized spacial score (nSPS) is 29.5. The monoisotopic (exact) mass is 229 g/mol. The van der Waals surface area contributed by atoms with Gasteiger partial charge in [0.25, 0.3) is 0 Å². The lowest BCUT2D eigenvalue weighted by molar-refractivity contribution is -0.123. The van der Waals surface area contributed by atoms with E-state index in [9.17, 15) is 4.79 Å². The summed E-state index contributed by atoms with van der Waals surface area (Å²) in [5.41, 5.74) is 1.17. The van der Waals surface area contributed by atoms with Crippen molar-refractivity contribution in [2.75, 3.05) is 0 Å². The number of nitrogens with zero attached hydrogens (tertiary/aromatic N) is 1. The summed E-state index contributed by atoms with van der Waals surface area (Å²) >= 11 is 0. The van der Waals surface area contributed by atoms with Crippen molar-refractivity contribution < 1.29 is 4.79 Å². The second kappa shape index (κ2) is 4.26. The van der Waals surface area contributed by atoms with Crippen LogP contribution in [-0.2, 0) is 4.79 Å². The van der Waals surface area contributed by atoms with Gasteiger partial charge in [0.1, 0.15) is 0 Å². The molecule has 2 heterocycles. The molecular formula is C15H19NO. The van der Waals surface area contributed by atoms with Crippen molar-refractivity contribution in [3.8, 4) is 0 Å². The molecule has 1 aromatic rings. The van der Waals surface area contributed by atoms with E-state index in [1.54, 1.807) is 6.92 Å². The van der Waals surface area contributed by atoms with Gasteiger partial charge in [-0.3, -0.25) is 9.69 Å². The van der Waals surface area contributed by atoms with Crippen molar-refractivity contribution >= 4 is 5.78 Å². The molecule has 90 valence electrons. The van der Waals surface area contributed by atoms with Crippen LogP contribution in [0.4, 0.5) is 0 Å². The molecule has 0 unspecified atom stereocenters. The van der Waals surface area contributed by atoms with Crippen LogP contribution in [0.15, 0.2) is 30.3 Å². The summed E-state index contributed by atoms with van der Waals surface area (Å²) in [5.74, 6) is 0.287. The van der Waals surface area contributed by atoms with Crippen molar-refractivity contribution in [3.63, 3.8) is 0 Å². The van der Waals surface area contributed by atoms with Gasteiger partial charge in [0, 0.05) is 12.1 Å². The van der Waals surface area contributed by atoms with Gasteiger partial charge in [-0.15, -0.1) is 0 Å². The van der Waals surface area contributed by atoms with Crippen LogP contribution >= 0.6 is 0 Å². The quantitative estimate of drug-likeness (QED) is 0.794. The minimum Gasteiger partial charge on any atom is -0.298 e. The summed E-state index contributed by atoms with van der Waals surface area (Å²) in [6.07, 6.45) is 5.12. The summed E-state index contributed by atoms with van der Waals surface area (Å²) < 4.78 is 0. The number of fused-ring (bicyclic) bond motifs is 2. The molecule has 2 aliphatic rings. The number of benzene rings is 1. The summed E-state index contributed by atoms with van der Waals surface area (Å²) in [4.78, 5) is 14.5. The Labute approximate surface area is 103 Å². The maximum atomic E-state index is 12.0. The smallest absolute Gasteiger partial charge is 0.151 e. The predicted molar refractivity (Wildman–Crippen MR) is 67.7 cm³/mol. The molecular weight excluding hydrogens is 210 g/mol. The van der Waals surface area contributed by atoms with E-state index in [4.69, 9.17) is 0 Å². The summed E-state index contributed by atoms with van der Waals surface area (Å²) in [6, 6.07) is 11.5. The third-order valence-electron chi connectivity index (χ3n) is 4.31. The van der Waals surface area contributed by atoms with Crippen molar-refractivity contribution in [2.24, 2.45) is 0 Å². The first kappa shape index (κ1) is 11.0. The fourth-order valence-electron chi connectivity index (χ4n) is 3.63. The molecule has 0 radical (unpaired) electrons. The summed E-state index contributed by atoms with van der Waals surface area (Å²) in [7, 11) is 0. The average molecular weight is 229 g/mol. The molecule has 0 N–H and O–H groups in total. The second-order valence-corrected chi connectivity index (χ2v) is 5.33. The zero-order chi connectivity index (χ0) is 11.8. The van der Waals surface area contributed by atoms with Crippen LogP contribution in [0, 0.1) is 0 Å². The van der Waals surface area contributed by atoms with E-state index >= 15 is 0 Å². The Hall–Kier alpha value is -1.15. The van der Waals surface area contributed by atoms with Gasteiger partial charge in [0.05, 0.1) is 6.04 Å². The highest BCUT2D eigenvalue weighted by atomic mass is 16.1. The Bertz CT molecular complexity index is 394. The van der Waals surface area contributed by atoms with Crippen LogP contribution in [0.5, 0.6) is 0 Å². The van der Waals surface area contributed by atoms with Crippen LogP contribution in [0.2, 0.25) is 0 Å². The van der Waals surface area contributed by atoms with Gasteiger partial charge in [-0.25, -0.2) is 0 Å². The van der Waals surface area contributed by atoms with Crippen LogP contribution in [0.1, 0.15) is 44.2 Å². The molecule has 2 heteroatoms. The van der Waals surface area contributed by atoms with E-state index in [0.717, 1.165) is 0 Å². The maximum absolute atomic E-state index is 12.0. The molecule has 3 rings (SSSR count). The topological polar surface area (TPSA) is 20.3 Å². The number of ketones is 1. The SMILES string of the molecule is CC(=O)[C@@H](c1ccccc1)N1C2CCC1CC2. The summed E-state index contributed by atoms with van der Waals surface area (Å²) in [6.45, 7) is 1.73. The molecule has 2 saturated heterocycles. The molecule has 0 amide bonds. The lowest BCUT2D eigenvalue weighted by Gasteiger charge is -2.30. The highest BCUT2D eigenvalue weighted by molar-refractivity contribution is 5.83. The van der Waals surface area contributed by atoms with Gasteiger partial charge in [0.15, 0.2) is 5.78 Å².